The molecule has 1 atom stereocenters. The predicted octanol–water partition coefficient (Wildman–Crippen LogP) is 3.78. The van der Waals surface area contributed by atoms with E-state index in [9.17, 15) is 10.1 Å². The van der Waals surface area contributed by atoms with Crippen LogP contribution in [0.15, 0.2) is 24.3 Å². The lowest BCUT2D eigenvalue weighted by Crippen LogP contribution is -2.41. The summed E-state index contributed by atoms with van der Waals surface area (Å²) in [5.74, 6) is 0.129. The van der Waals surface area contributed by atoms with Gasteiger partial charge in [0.2, 0.25) is 5.91 Å². The Kier molecular flexibility index (Phi) is 3.28. The molecule has 1 saturated carbocycles. The Labute approximate surface area is 126 Å². The van der Waals surface area contributed by atoms with E-state index in [1.54, 1.807) is 4.90 Å². The number of nitriles is 1. The van der Waals surface area contributed by atoms with E-state index < -0.39 is 5.41 Å². The molecule has 1 aromatic carbocycles. The summed E-state index contributed by atoms with van der Waals surface area (Å²) in [6.45, 7) is 2.02. The highest BCUT2D eigenvalue weighted by Gasteiger charge is 2.50. The first kappa shape index (κ1) is 14.1. The van der Waals surface area contributed by atoms with Crippen LogP contribution in [0.4, 0.5) is 5.69 Å². The Morgan fingerprint density at radius 1 is 1.24 bits per heavy atom. The molecule has 1 amide bonds. The van der Waals surface area contributed by atoms with Crippen molar-refractivity contribution >= 4 is 11.6 Å². The first-order chi connectivity index (χ1) is 10.0. The van der Waals surface area contributed by atoms with Crippen molar-refractivity contribution in [3.8, 4) is 6.07 Å². The molecule has 1 aliphatic heterocycles. The molecule has 1 fully saturated rings. The number of fused-ring (bicyclic) bond motifs is 1. The van der Waals surface area contributed by atoms with Gasteiger partial charge in [0, 0.05) is 12.7 Å². The first-order valence-electron chi connectivity index (χ1n) is 7.81. The average Bonchev–Trinajstić information content (AvgIpc) is 2.71. The molecular formula is C18H22N2O. The summed E-state index contributed by atoms with van der Waals surface area (Å²) in [4.78, 5) is 14.6. The van der Waals surface area contributed by atoms with Gasteiger partial charge in [-0.05, 0) is 37.8 Å². The van der Waals surface area contributed by atoms with Crippen molar-refractivity contribution in [3.05, 3.63) is 29.8 Å². The first-order valence-corrected chi connectivity index (χ1v) is 7.81. The van der Waals surface area contributed by atoms with Crippen LogP contribution in [0.25, 0.3) is 0 Å². The topological polar surface area (TPSA) is 44.1 Å². The molecule has 0 bridgehead atoms. The van der Waals surface area contributed by atoms with Gasteiger partial charge in [-0.3, -0.25) is 4.79 Å². The Morgan fingerprint density at radius 3 is 2.57 bits per heavy atom. The van der Waals surface area contributed by atoms with E-state index in [0.717, 1.165) is 36.9 Å². The van der Waals surface area contributed by atoms with Gasteiger partial charge < -0.3 is 4.90 Å². The zero-order valence-electron chi connectivity index (χ0n) is 12.9. The summed E-state index contributed by atoms with van der Waals surface area (Å²) >= 11 is 0. The van der Waals surface area contributed by atoms with E-state index >= 15 is 0 Å². The largest absolute Gasteiger partial charge is 0.314 e. The van der Waals surface area contributed by atoms with Crippen molar-refractivity contribution in [1.29, 1.82) is 5.26 Å². The lowest BCUT2D eigenvalue weighted by atomic mass is 9.64. The van der Waals surface area contributed by atoms with E-state index in [1.165, 1.54) is 6.42 Å². The highest BCUT2D eigenvalue weighted by Crippen LogP contribution is 2.51. The van der Waals surface area contributed by atoms with Gasteiger partial charge in [-0.2, -0.15) is 5.26 Å². The number of anilines is 1. The SMILES string of the molecule is CN1C(=O)[C@@](C)(CC2(C#N)CCCCC2)c2ccccc21. The standard InChI is InChI=1S/C18H22N2O/c1-17(12-18(13-19)10-6-3-7-11-18)14-8-4-5-9-15(14)20(2)16(17)21/h4-5,8-9H,3,6-7,10-12H2,1-2H3/t17-/m0/s1. The van der Waals surface area contributed by atoms with Crippen LogP contribution < -0.4 is 4.90 Å². The number of carbonyl (C=O) groups excluding carboxylic acids is 1. The monoisotopic (exact) mass is 282 g/mol. The molecule has 0 N–H and O–H groups in total. The molecule has 1 aromatic rings. The second kappa shape index (κ2) is 4.87. The van der Waals surface area contributed by atoms with Gasteiger partial charge in [0.15, 0.2) is 0 Å². The molecule has 2 aliphatic rings. The third kappa shape index (κ3) is 2.05. The molecule has 0 unspecified atom stereocenters. The summed E-state index contributed by atoms with van der Waals surface area (Å²) in [5, 5.41) is 9.74. The molecule has 3 nitrogen and oxygen atoms in total. The van der Waals surface area contributed by atoms with Crippen LogP contribution in [-0.2, 0) is 10.2 Å². The van der Waals surface area contributed by atoms with Gasteiger partial charge in [0.05, 0.1) is 16.9 Å². The molecule has 3 rings (SSSR count). The minimum Gasteiger partial charge on any atom is -0.314 e. The summed E-state index contributed by atoms with van der Waals surface area (Å²) in [7, 11) is 1.84. The van der Waals surface area contributed by atoms with E-state index in [4.69, 9.17) is 0 Å². The number of para-hydroxylation sites is 1. The molecule has 1 heterocycles. The fourth-order valence-corrected chi connectivity index (χ4v) is 4.23. The smallest absolute Gasteiger partial charge is 0.237 e. The van der Waals surface area contributed by atoms with Crippen LogP contribution in [-0.4, -0.2) is 13.0 Å². The van der Waals surface area contributed by atoms with Gasteiger partial charge in [0.1, 0.15) is 0 Å². The normalized spacial score (nSPS) is 27.3. The maximum atomic E-state index is 12.8. The summed E-state index contributed by atoms with van der Waals surface area (Å²) in [6.07, 6.45) is 5.93. The molecule has 0 aromatic heterocycles. The molecule has 0 saturated heterocycles. The number of likely N-dealkylation sites (N-methyl/N-ethyl adjacent to an activating group) is 1. The number of hydrogen-bond donors (Lipinski definition) is 0. The van der Waals surface area contributed by atoms with Crippen molar-refractivity contribution in [2.45, 2.75) is 50.9 Å². The van der Waals surface area contributed by atoms with Crippen molar-refractivity contribution in [2.75, 3.05) is 11.9 Å². The average molecular weight is 282 g/mol. The van der Waals surface area contributed by atoms with Gasteiger partial charge in [-0.25, -0.2) is 0 Å². The van der Waals surface area contributed by atoms with Crippen molar-refractivity contribution in [3.63, 3.8) is 0 Å². The second-order valence-corrected chi connectivity index (χ2v) is 6.84. The highest BCUT2D eigenvalue weighted by molar-refractivity contribution is 6.07. The van der Waals surface area contributed by atoms with Crippen molar-refractivity contribution in [1.82, 2.24) is 0 Å². The van der Waals surface area contributed by atoms with Crippen LogP contribution in [0, 0.1) is 16.7 Å². The van der Waals surface area contributed by atoms with Gasteiger partial charge in [-0.15, -0.1) is 0 Å². The van der Waals surface area contributed by atoms with Gasteiger partial charge >= 0.3 is 0 Å². The third-order valence-electron chi connectivity index (χ3n) is 5.38. The molecule has 3 heteroatoms. The lowest BCUT2D eigenvalue weighted by molar-refractivity contribution is -0.123. The van der Waals surface area contributed by atoms with E-state index in [1.807, 2.05) is 38.2 Å². The van der Waals surface area contributed by atoms with Gasteiger partial charge in [0.25, 0.3) is 0 Å². The second-order valence-electron chi connectivity index (χ2n) is 6.84. The minimum absolute atomic E-state index is 0.129. The summed E-state index contributed by atoms with van der Waals surface area (Å²) < 4.78 is 0. The summed E-state index contributed by atoms with van der Waals surface area (Å²) in [5.41, 5.74) is 1.19. The molecule has 110 valence electrons. The van der Waals surface area contributed by atoms with Crippen LogP contribution in [0.5, 0.6) is 0 Å². The number of carbonyl (C=O) groups is 1. The number of amides is 1. The molecular weight excluding hydrogens is 260 g/mol. The van der Waals surface area contributed by atoms with Gasteiger partial charge in [-0.1, -0.05) is 37.5 Å². The number of benzene rings is 1. The molecule has 21 heavy (non-hydrogen) atoms. The quantitative estimate of drug-likeness (QED) is 0.828. The third-order valence-corrected chi connectivity index (χ3v) is 5.38. The predicted molar refractivity (Wildman–Crippen MR) is 83.0 cm³/mol. The zero-order valence-corrected chi connectivity index (χ0v) is 12.9. The Morgan fingerprint density at radius 2 is 1.90 bits per heavy atom. The fraction of sp³-hybridized carbons (Fsp3) is 0.556. The Bertz CT molecular complexity index is 610. The van der Waals surface area contributed by atoms with Crippen LogP contribution >= 0.6 is 0 Å². The Hall–Kier alpha value is -1.82. The van der Waals surface area contributed by atoms with Crippen LogP contribution in [0.1, 0.15) is 51.0 Å². The van der Waals surface area contributed by atoms with Crippen LogP contribution in [0.3, 0.4) is 0 Å². The van der Waals surface area contributed by atoms with E-state index in [-0.39, 0.29) is 11.3 Å². The Balaban J connectivity index is 2.01. The fourth-order valence-electron chi connectivity index (χ4n) is 4.23. The van der Waals surface area contributed by atoms with Crippen LogP contribution in [0.2, 0.25) is 0 Å². The maximum Gasteiger partial charge on any atom is 0.237 e. The number of nitrogens with zero attached hydrogens (tertiary/aromatic N) is 2. The maximum absolute atomic E-state index is 12.8. The highest BCUT2D eigenvalue weighted by atomic mass is 16.2. The molecule has 0 spiro atoms. The zero-order chi connectivity index (χ0) is 15.1. The molecule has 1 aliphatic carbocycles. The summed E-state index contributed by atoms with van der Waals surface area (Å²) in [6, 6.07) is 10.6. The lowest BCUT2D eigenvalue weighted by Gasteiger charge is -2.37. The number of rotatable bonds is 2. The van der Waals surface area contributed by atoms with Crippen molar-refractivity contribution < 1.29 is 4.79 Å². The molecule has 0 radical (unpaired) electrons. The van der Waals surface area contributed by atoms with E-state index in [0.29, 0.717) is 6.42 Å². The number of hydrogen-bond acceptors (Lipinski definition) is 2. The van der Waals surface area contributed by atoms with Crippen molar-refractivity contribution in [2.24, 2.45) is 5.41 Å². The minimum atomic E-state index is -0.557. The van der Waals surface area contributed by atoms with E-state index in [2.05, 4.69) is 6.07 Å².